The number of hydrogen-bond acceptors (Lipinski definition) is 3. The van der Waals surface area contributed by atoms with Crippen molar-refractivity contribution < 1.29 is 19.4 Å². The second kappa shape index (κ2) is 8.94. The maximum atomic E-state index is 11.4. The molecular formula is C15H28O4. The van der Waals surface area contributed by atoms with Gasteiger partial charge in [-0.25, -0.2) is 0 Å². The minimum absolute atomic E-state index is 0.149. The number of unbranched alkanes of at least 4 members (excludes halogenated alkanes) is 3. The van der Waals surface area contributed by atoms with Crippen LogP contribution < -0.4 is 0 Å². The third-order valence-corrected chi connectivity index (χ3v) is 2.95. The van der Waals surface area contributed by atoms with Crippen LogP contribution in [0, 0.1) is 5.92 Å². The number of carbonyl (C=O) groups excluding carboxylic acids is 1. The predicted octanol–water partition coefficient (Wildman–Crippen LogP) is 3.78. The number of carboxylic acid groups (broad SMARTS) is 1. The van der Waals surface area contributed by atoms with Gasteiger partial charge in [0.05, 0.1) is 5.92 Å². The lowest BCUT2D eigenvalue weighted by Crippen LogP contribution is -2.23. The third kappa shape index (κ3) is 10.5. The van der Waals surface area contributed by atoms with Crippen LogP contribution in [-0.4, -0.2) is 22.6 Å². The van der Waals surface area contributed by atoms with Crippen molar-refractivity contribution in [1.29, 1.82) is 0 Å². The summed E-state index contributed by atoms with van der Waals surface area (Å²) < 4.78 is 5.21. The first kappa shape index (κ1) is 17.9. The van der Waals surface area contributed by atoms with Gasteiger partial charge in [-0.3, -0.25) is 9.59 Å². The van der Waals surface area contributed by atoms with Crippen LogP contribution in [0.2, 0.25) is 0 Å². The van der Waals surface area contributed by atoms with Crippen molar-refractivity contribution in [3.05, 3.63) is 0 Å². The summed E-state index contributed by atoms with van der Waals surface area (Å²) in [5, 5.41) is 8.90. The number of carboxylic acids is 1. The molecule has 0 saturated heterocycles. The van der Waals surface area contributed by atoms with Gasteiger partial charge in [0.1, 0.15) is 5.60 Å². The van der Waals surface area contributed by atoms with Crippen LogP contribution >= 0.6 is 0 Å². The van der Waals surface area contributed by atoms with Crippen LogP contribution in [0.25, 0.3) is 0 Å². The highest BCUT2D eigenvalue weighted by Crippen LogP contribution is 2.15. The molecule has 1 N–H and O–H groups in total. The van der Waals surface area contributed by atoms with E-state index in [2.05, 4.69) is 0 Å². The summed E-state index contributed by atoms with van der Waals surface area (Å²) in [6, 6.07) is 0. The largest absolute Gasteiger partial charge is 0.481 e. The first-order chi connectivity index (χ1) is 8.76. The quantitative estimate of drug-likeness (QED) is 0.512. The van der Waals surface area contributed by atoms with E-state index in [0.29, 0.717) is 12.8 Å². The zero-order chi connectivity index (χ0) is 14.9. The van der Waals surface area contributed by atoms with Crippen LogP contribution in [0.15, 0.2) is 0 Å². The summed E-state index contributed by atoms with van der Waals surface area (Å²) in [7, 11) is 0. The summed E-state index contributed by atoms with van der Waals surface area (Å²) in [5.41, 5.74) is -0.410. The maximum Gasteiger partial charge on any atom is 0.306 e. The van der Waals surface area contributed by atoms with E-state index in [1.807, 2.05) is 27.7 Å². The molecule has 1 atom stereocenters. The molecule has 0 saturated carbocycles. The van der Waals surface area contributed by atoms with Crippen molar-refractivity contribution in [3.8, 4) is 0 Å². The second-order valence-electron chi connectivity index (χ2n) is 5.98. The van der Waals surface area contributed by atoms with Gasteiger partial charge in [-0.1, -0.05) is 26.2 Å². The van der Waals surface area contributed by atoms with Crippen molar-refractivity contribution in [2.45, 2.75) is 78.2 Å². The Morgan fingerprint density at radius 2 is 1.68 bits per heavy atom. The zero-order valence-electron chi connectivity index (χ0n) is 12.7. The summed E-state index contributed by atoms with van der Waals surface area (Å²) >= 11 is 0. The molecule has 0 fully saturated rings. The average molecular weight is 272 g/mol. The monoisotopic (exact) mass is 272 g/mol. The fourth-order valence-electron chi connectivity index (χ4n) is 1.91. The van der Waals surface area contributed by atoms with E-state index in [9.17, 15) is 9.59 Å². The van der Waals surface area contributed by atoms with E-state index < -0.39 is 11.6 Å². The molecule has 4 nitrogen and oxygen atoms in total. The van der Waals surface area contributed by atoms with Crippen molar-refractivity contribution in [3.63, 3.8) is 0 Å². The Hall–Kier alpha value is -1.06. The minimum atomic E-state index is -0.698. The SMILES string of the molecule is CCC(CCCCCCC(=O)OC(C)(C)C)C(=O)O. The average Bonchev–Trinajstić information content (AvgIpc) is 2.25. The highest BCUT2D eigenvalue weighted by atomic mass is 16.6. The molecule has 0 bridgehead atoms. The number of ether oxygens (including phenoxy) is 1. The van der Waals surface area contributed by atoms with Gasteiger partial charge in [-0.2, -0.15) is 0 Å². The van der Waals surface area contributed by atoms with Gasteiger partial charge in [0, 0.05) is 6.42 Å². The lowest BCUT2D eigenvalue weighted by atomic mass is 9.98. The number of aliphatic carboxylic acids is 1. The van der Waals surface area contributed by atoms with Gasteiger partial charge >= 0.3 is 11.9 Å². The van der Waals surface area contributed by atoms with Crippen LogP contribution in [0.4, 0.5) is 0 Å². The lowest BCUT2D eigenvalue weighted by Gasteiger charge is -2.19. The number of carbonyl (C=O) groups is 2. The van der Waals surface area contributed by atoms with E-state index in [1.165, 1.54) is 0 Å². The Morgan fingerprint density at radius 1 is 1.11 bits per heavy atom. The van der Waals surface area contributed by atoms with Gasteiger partial charge in [-0.15, -0.1) is 0 Å². The lowest BCUT2D eigenvalue weighted by molar-refractivity contribution is -0.155. The Bertz CT molecular complexity index is 278. The highest BCUT2D eigenvalue weighted by molar-refractivity contribution is 5.70. The molecule has 0 aromatic heterocycles. The molecule has 0 amide bonds. The molecule has 0 aromatic carbocycles. The minimum Gasteiger partial charge on any atom is -0.481 e. The van der Waals surface area contributed by atoms with Crippen molar-refractivity contribution in [2.75, 3.05) is 0 Å². The first-order valence-electron chi connectivity index (χ1n) is 7.21. The van der Waals surface area contributed by atoms with Gasteiger partial charge in [0.25, 0.3) is 0 Å². The molecule has 0 heterocycles. The highest BCUT2D eigenvalue weighted by Gasteiger charge is 2.16. The summed E-state index contributed by atoms with van der Waals surface area (Å²) in [5.74, 6) is -1.06. The molecule has 0 aliphatic carbocycles. The Balaban J connectivity index is 3.55. The molecule has 4 heteroatoms. The second-order valence-corrected chi connectivity index (χ2v) is 5.98. The van der Waals surface area contributed by atoms with Gasteiger partial charge < -0.3 is 9.84 Å². The Labute approximate surface area is 116 Å². The molecule has 19 heavy (non-hydrogen) atoms. The summed E-state index contributed by atoms with van der Waals surface area (Å²) in [4.78, 5) is 22.2. The molecule has 112 valence electrons. The smallest absolute Gasteiger partial charge is 0.306 e. The number of esters is 1. The first-order valence-corrected chi connectivity index (χ1v) is 7.21. The van der Waals surface area contributed by atoms with Gasteiger partial charge in [-0.05, 0) is 40.0 Å². The zero-order valence-corrected chi connectivity index (χ0v) is 12.7. The van der Waals surface area contributed by atoms with E-state index in [1.54, 1.807) is 0 Å². The van der Waals surface area contributed by atoms with Crippen LogP contribution in [0.3, 0.4) is 0 Å². The fourth-order valence-corrected chi connectivity index (χ4v) is 1.91. The Kier molecular flexibility index (Phi) is 8.44. The van der Waals surface area contributed by atoms with E-state index in [0.717, 1.165) is 32.1 Å². The number of rotatable bonds is 9. The molecule has 0 rings (SSSR count). The van der Waals surface area contributed by atoms with Gasteiger partial charge in [0.15, 0.2) is 0 Å². The van der Waals surface area contributed by atoms with Crippen LogP contribution in [-0.2, 0) is 14.3 Å². The Morgan fingerprint density at radius 3 is 2.16 bits per heavy atom. The third-order valence-electron chi connectivity index (χ3n) is 2.95. The number of hydrogen-bond donors (Lipinski definition) is 1. The summed E-state index contributed by atoms with van der Waals surface area (Å²) in [6.07, 6.45) is 5.54. The molecule has 0 radical (unpaired) electrons. The molecule has 1 unspecified atom stereocenters. The molecule has 0 aliphatic heterocycles. The summed E-state index contributed by atoms with van der Waals surface area (Å²) in [6.45, 7) is 7.49. The maximum absolute atomic E-state index is 11.4. The van der Waals surface area contributed by atoms with Crippen molar-refractivity contribution in [2.24, 2.45) is 5.92 Å². The normalized spacial score (nSPS) is 13.1. The van der Waals surface area contributed by atoms with E-state index >= 15 is 0 Å². The van der Waals surface area contributed by atoms with E-state index in [-0.39, 0.29) is 11.9 Å². The standard InChI is InChI=1S/C15H28O4/c1-5-12(14(17)18)10-8-6-7-9-11-13(16)19-15(2,3)4/h12H,5-11H2,1-4H3,(H,17,18). The van der Waals surface area contributed by atoms with E-state index in [4.69, 9.17) is 9.84 Å². The van der Waals surface area contributed by atoms with Crippen molar-refractivity contribution >= 4 is 11.9 Å². The van der Waals surface area contributed by atoms with Gasteiger partial charge in [0.2, 0.25) is 0 Å². The fraction of sp³-hybridized carbons (Fsp3) is 0.867. The van der Waals surface area contributed by atoms with Crippen molar-refractivity contribution in [1.82, 2.24) is 0 Å². The molecule has 0 aromatic rings. The predicted molar refractivity (Wildman–Crippen MR) is 75.0 cm³/mol. The molecular weight excluding hydrogens is 244 g/mol. The topological polar surface area (TPSA) is 63.6 Å². The van der Waals surface area contributed by atoms with Crippen LogP contribution in [0.5, 0.6) is 0 Å². The molecule has 0 aliphatic rings. The van der Waals surface area contributed by atoms with Crippen LogP contribution in [0.1, 0.15) is 72.6 Å². The molecule has 0 spiro atoms.